The first kappa shape index (κ1) is 11.9. The molecule has 3 heteroatoms. The standard InChI is InChI=1S/C16H15NO2/c1-2-11-10-17-8-6-13(11)15(18)14-5-3-4-12-7-9-19-16(12)14/h3-6,8,10H,2,7,9H2,1H3. The van der Waals surface area contributed by atoms with Crippen LogP contribution in [-0.4, -0.2) is 17.4 Å². The number of para-hydroxylation sites is 1. The maximum Gasteiger partial charge on any atom is 0.197 e. The van der Waals surface area contributed by atoms with Crippen LogP contribution in [-0.2, 0) is 12.8 Å². The summed E-state index contributed by atoms with van der Waals surface area (Å²) < 4.78 is 5.61. The lowest BCUT2D eigenvalue weighted by Crippen LogP contribution is -2.07. The van der Waals surface area contributed by atoms with Crippen LogP contribution in [0.25, 0.3) is 0 Å². The molecule has 1 aromatic carbocycles. The monoisotopic (exact) mass is 253 g/mol. The number of ketones is 1. The summed E-state index contributed by atoms with van der Waals surface area (Å²) in [6.45, 7) is 2.69. The number of aryl methyl sites for hydroxylation is 1. The van der Waals surface area contributed by atoms with Gasteiger partial charge in [-0.1, -0.05) is 19.1 Å². The number of rotatable bonds is 3. The Balaban J connectivity index is 2.08. The first-order valence-electron chi connectivity index (χ1n) is 6.53. The minimum absolute atomic E-state index is 0.0259. The number of pyridine rings is 1. The van der Waals surface area contributed by atoms with Gasteiger partial charge in [0.05, 0.1) is 12.2 Å². The zero-order valence-corrected chi connectivity index (χ0v) is 10.8. The molecule has 1 aliphatic heterocycles. The van der Waals surface area contributed by atoms with E-state index in [1.807, 2.05) is 25.1 Å². The van der Waals surface area contributed by atoms with Gasteiger partial charge in [0.25, 0.3) is 0 Å². The summed E-state index contributed by atoms with van der Waals surface area (Å²) in [5.41, 5.74) is 3.48. The second kappa shape index (κ2) is 4.84. The highest BCUT2D eigenvalue weighted by Crippen LogP contribution is 2.31. The molecule has 96 valence electrons. The van der Waals surface area contributed by atoms with Crippen molar-refractivity contribution < 1.29 is 9.53 Å². The van der Waals surface area contributed by atoms with Gasteiger partial charge in [-0.15, -0.1) is 0 Å². The van der Waals surface area contributed by atoms with Crippen molar-refractivity contribution >= 4 is 5.78 Å². The average Bonchev–Trinajstić information content (AvgIpc) is 2.94. The number of carbonyl (C=O) groups is 1. The molecule has 0 saturated heterocycles. The van der Waals surface area contributed by atoms with Crippen molar-refractivity contribution in [3.8, 4) is 5.75 Å². The molecule has 2 aromatic rings. The number of nitrogens with zero attached hydrogens (tertiary/aromatic N) is 1. The number of carbonyl (C=O) groups excluding carboxylic acids is 1. The Morgan fingerprint density at radius 3 is 3.05 bits per heavy atom. The highest BCUT2D eigenvalue weighted by molar-refractivity contribution is 6.11. The largest absolute Gasteiger partial charge is 0.492 e. The summed E-state index contributed by atoms with van der Waals surface area (Å²) in [5, 5.41) is 0. The van der Waals surface area contributed by atoms with Gasteiger partial charge in [-0.2, -0.15) is 0 Å². The minimum atomic E-state index is 0.0259. The molecule has 19 heavy (non-hydrogen) atoms. The van der Waals surface area contributed by atoms with Crippen molar-refractivity contribution in [2.24, 2.45) is 0 Å². The van der Waals surface area contributed by atoms with Crippen molar-refractivity contribution in [1.29, 1.82) is 0 Å². The third-order valence-corrected chi connectivity index (χ3v) is 3.49. The maximum absolute atomic E-state index is 12.7. The average molecular weight is 253 g/mol. The molecule has 0 saturated carbocycles. The molecule has 3 rings (SSSR count). The van der Waals surface area contributed by atoms with Crippen molar-refractivity contribution in [3.63, 3.8) is 0 Å². The Morgan fingerprint density at radius 1 is 1.32 bits per heavy atom. The van der Waals surface area contributed by atoms with Crippen molar-refractivity contribution in [2.45, 2.75) is 19.8 Å². The van der Waals surface area contributed by atoms with E-state index in [9.17, 15) is 4.79 Å². The summed E-state index contributed by atoms with van der Waals surface area (Å²) in [6.07, 6.45) is 5.10. The van der Waals surface area contributed by atoms with Crippen molar-refractivity contribution in [2.75, 3.05) is 6.61 Å². The van der Waals surface area contributed by atoms with E-state index in [0.29, 0.717) is 12.2 Å². The molecule has 2 heterocycles. The number of fused-ring (bicyclic) bond motifs is 1. The molecule has 0 N–H and O–H groups in total. The van der Waals surface area contributed by atoms with Crippen LogP contribution in [0.1, 0.15) is 34.0 Å². The summed E-state index contributed by atoms with van der Waals surface area (Å²) in [5.74, 6) is 0.782. The third-order valence-electron chi connectivity index (χ3n) is 3.49. The van der Waals surface area contributed by atoms with E-state index < -0.39 is 0 Å². The Morgan fingerprint density at radius 2 is 2.21 bits per heavy atom. The Bertz CT molecular complexity index is 634. The summed E-state index contributed by atoms with van der Waals surface area (Å²) in [4.78, 5) is 16.8. The van der Waals surface area contributed by atoms with E-state index >= 15 is 0 Å². The van der Waals surface area contributed by atoms with Crippen LogP contribution < -0.4 is 4.74 Å². The minimum Gasteiger partial charge on any atom is -0.492 e. The van der Waals surface area contributed by atoms with Gasteiger partial charge < -0.3 is 4.74 Å². The molecule has 0 radical (unpaired) electrons. The number of aromatic nitrogens is 1. The lowest BCUT2D eigenvalue weighted by molar-refractivity contribution is 0.103. The summed E-state index contributed by atoms with van der Waals surface area (Å²) in [6, 6.07) is 7.57. The van der Waals surface area contributed by atoms with Crippen LogP contribution in [0, 0.1) is 0 Å². The first-order chi connectivity index (χ1) is 9.31. The second-order valence-electron chi connectivity index (χ2n) is 4.61. The molecule has 3 nitrogen and oxygen atoms in total. The Hall–Kier alpha value is -2.16. The number of ether oxygens (including phenoxy) is 1. The smallest absolute Gasteiger partial charge is 0.197 e. The van der Waals surface area contributed by atoms with Crippen molar-refractivity contribution in [3.05, 3.63) is 58.9 Å². The van der Waals surface area contributed by atoms with Crippen LogP contribution in [0.15, 0.2) is 36.7 Å². The van der Waals surface area contributed by atoms with Gasteiger partial charge in [-0.05, 0) is 29.7 Å². The lowest BCUT2D eigenvalue weighted by Gasteiger charge is -2.09. The van der Waals surface area contributed by atoms with Crippen LogP contribution in [0.2, 0.25) is 0 Å². The van der Waals surface area contributed by atoms with Gasteiger partial charge in [0.2, 0.25) is 0 Å². The zero-order chi connectivity index (χ0) is 13.2. The topological polar surface area (TPSA) is 39.2 Å². The van der Waals surface area contributed by atoms with E-state index in [0.717, 1.165) is 35.3 Å². The summed E-state index contributed by atoms with van der Waals surface area (Å²) in [7, 11) is 0. The van der Waals surface area contributed by atoms with E-state index in [4.69, 9.17) is 4.74 Å². The molecule has 1 aromatic heterocycles. The van der Waals surface area contributed by atoms with Crippen LogP contribution in [0.3, 0.4) is 0 Å². The number of hydrogen-bond donors (Lipinski definition) is 0. The highest BCUT2D eigenvalue weighted by atomic mass is 16.5. The molecule has 0 spiro atoms. The van der Waals surface area contributed by atoms with Gasteiger partial charge in [-0.3, -0.25) is 9.78 Å². The van der Waals surface area contributed by atoms with Crippen molar-refractivity contribution in [1.82, 2.24) is 4.98 Å². The molecular formula is C16H15NO2. The molecule has 0 unspecified atom stereocenters. The molecule has 0 atom stereocenters. The second-order valence-corrected chi connectivity index (χ2v) is 4.61. The van der Waals surface area contributed by atoms with E-state index in [-0.39, 0.29) is 5.78 Å². The molecule has 0 bridgehead atoms. The predicted molar refractivity (Wildman–Crippen MR) is 72.7 cm³/mol. The lowest BCUT2D eigenvalue weighted by atomic mass is 9.96. The number of benzene rings is 1. The molecule has 0 fully saturated rings. The number of hydrogen-bond acceptors (Lipinski definition) is 3. The van der Waals surface area contributed by atoms with Gasteiger partial charge in [0, 0.05) is 24.4 Å². The van der Waals surface area contributed by atoms with Crippen LogP contribution in [0.5, 0.6) is 5.75 Å². The van der Waals surface area contributed by atoms with Gasteiger partial charge in [0.1, 0.15) is 5.75 Å². The van der Waals surface area contributed by atoms with Gasteiger partial charge >= 0.3 is 0 Å². The summed E-state index contributed by atoms with van der Waals surface area (Å²) >= 11 is 0. The Kier molecular flexibility index (Phi) is 3.03. The maximum atomic E-state index is 12.7. The fourth-order valence-corrected chi connectivity index (χ4v) is 2.47. The quantitative estimate of drug-likeness (QED) is 0.790. The molecule has 1 aliphatic rings. The third kappa shape index (κ3) is 2.01. The van der Waals surface area contributed by atoms with Gasteiger partial charge in [-0.25, -0.2) is 0 Å². The molecular weight excluding hydrogens is 238 g/mol. The predicted octanol–water partition coefficient (Wildman–Crippen LogP) is 2.81. The van der Waals surface area contributed by atoms with E-state index in [1.165, 1.54) is 0 Å². The zero-order valence-electron chi connectivity index (χ0n) is 10.8. The molecule has 0 aliphatic carbocycles. The first-order valence-corrected chi connectivity index (χ1v) is 6.53. The fourth-order valence-electron chi connectivity index (χ4n) is 2.47. The van der Waals surface area contributed by atoms with E-state index in [1.54, 1.807) is 18.5 Å². The fraction of sp³-hybridized carbons (Fsp3) is 0.250. The van der Waals surface area contributed by atoms with E-state index in [2.05, 4.69) is 4.98 Å². The Labute approximate surface area is 112 Å². The SMILES string of the molecule is CCc1cnccc1C(=O)c1cccc2c1OCC2. The van der Waals surface area contributed by atoms with Crippen LogP contribution >= 0.6 is 0 Å². The van der Waals surface area contributed by atoms with Gasteiger partial charge in [0.15, 0.2) is 5.78 Å². The van der Waals surface area contributed by atoms with Crippen LogP contribution in [0.4, 0.5) is 0 Å². The normalized spacial score (nSPS) is 12.9. The highest BCUT2D eigenvalue weighted by Gasteiger charge is 2.22. The molecule has 0 amide bonds.